The van der Waals surface area contributed by atoms with Crippen molar-refractivity contribution in [3.63, 3.8) is 0 Å². The lowest BCUT2D eigenvalue weighted by Gasteiger charge is -2.39. The molecule has 18 heavy (non-hydrogen) atoms. The van der Waals surface area contributed by atoms with Crippen molar-refractivity contribution in [2.24, 2.45) is 11.7 Å². The Morgan fingerprint density at radius 2 is 2.44 bits per heavy atom. The molecule has 4 nitrogen and oxygen atoms in total. The van der Waals surface area contributed by atoms with Crippen LogP contribution >= 0.6 is 0 Å². The molecule has 2 N–H and O–H groups in total. The van der Waals surface area contributed by atoms with Crippen molar-refractivity contribution in [3.8, 4) is 6.07 Å². The Kier molecular flexibility index (Phi) is 4.29. The summed E-state index contributed by atoms with van der Waals surface area (Å²) >= 11 is 0. The van der Waals surface area contributed by atoms with Crippen LogP contribution in [0.4, 0.5) is 0 Å². The van der Waals surface area contributed by atoms with Gasteiger partial charge in [-0.25, -0.2) is 4.98 Å². The molecule has 2 unspecified atom stereocenters. The van der Waals surface area contributed by atoms with Gasteiger partial charge in [0.15, 0.2) is 0 Å². The minimum atomic E-state index is 0.456. The molecule has 2 heterocycles. The maximum absolute atomic E-state index is 8.86. The summed E-state index contributed by atoms with van der Waals surface area (Å²) in [4.78, 5) is 6.44. The van der Waals surface area contributed by atoms with Gasteiger partial charge in [-0.2, -0.15) is 5.26 Å². The molecule has 2 atom stereocenters. The van der Waals surface area contributed by atoms with Crippen LogP contribution in [0.3, 0.4) is 0 Å². The van der Waals surface area contributed by atoms with Crippen LogP contribution in [0.15, 0.2) is 18.3 Å². The van der Waals surface area contributed by atoms with E-state index in [1.54, 1.807) is 6.20 Å². The molecule has 0 amide bonds. The maximum atomic E-state index is 8.86. The average Bonchev–Trinajstić information content (AvgIpc) is 2.39. The summed E-state index contributed by atoms with van der Waals surface area (Å²) in [6.45, 7) is 4.94. The van der Waals surface area contributed by atoms with E-state index >= 15 is 0 Å². The molecule has 1 aromatic heterocycles. The number of nitrogens with zero attached hydrogens (tertiary/aromatic N) is 3. The van der Waals surface area contributed by atoms with Crippen molar-refractivity contribution in [2.75, 3.05) is 13.1 Å². The van der Waals surface area contributed by atoms with E-state index in [4.69, 9.17) is 11.0 Å². The van der Waals surface area contributed by atoms with E-state index in [9.17, 15) is 0 Å². The average molecular weight is 244 g/mol. The third-order valence-electron chi connectivity index (χ3n) is 3.80. The number of pyridine rings is 1. The molecule has 0 bridgehead atoms. The number of nitriles is 1. The third kappa shape index (κ3) is 2.87. The lowest BCUT2D eigenvalue weighted by molar-refractivity contribution is 0.0990. The molecule has 1 aliphatic rings. The van der Waals surface area contributed by atoms with E-state index in [1.807, 2.05) is 12.1 Å². The lowest BCUT2D eigenvalue weighted by atomic mass is 9.90. The molecule has 1 saturated heterocycles. The van der Waals surface area contributed by atoms with Gasteiger partial charge in [-0.05, 0) is 43.0 Å². The highest BCUT2D eigenvalue weighted by molar-refractivity contribution is 5.25. The third-order valence-corrected chi connectivity index (χ3v) is 3.80. The first-order chi connectivity index (χ1) is 8.74. The first kappa shape index (κ1) is 13.0. The normalized spacial score (nSPS) is 24.7. The Labute approximate surface area is 108 Å². The summed E-state index contributed by atoms with van der Waals surface area (Å²) in [6.07, 6.45) is 4.20. The fourth-order valence-corrected chi connectivity index (χ4v) is 2.78. The highest BCUT2D eigenvalue weighted by Gasteiger charge is 2.27. The predicted octanol–water partition coefficient (Wildman–Crippen LogP) is 1.51. The molecular formula is C14H20N4. The molecule has 1 fully saturated rings. The highest BCUT2D eigenvalue weighted by atomic mass is 15.2. The van der Waals surface area contributed by atoms with Crippen LogP contribution in [0.5, 0.6) is 0 Å². The van der Waals surface area contributed by atoms with Crippen LogP contribution in [-0.2, 0) is 6.54 Å². The van der Waals surface area contributed by atoms with Crippen LogP contribution in [0, 0.1) is 17.2 Å². The zero-order valence-electron chi connectivity index (χ0n) is 10.8. The standard InChI is InChI=1S/C14H20N4/c1-11-3-2-6-18(14(11)9-16)10-12-4-5-17-13(7-12)8-15/h4-5,7,11,14H,2-3,6,9-10,16H2,1H3. The smallest absolute Gasteiger partial charge is 0.140 e. The zero-order chi connectivity index (χ0) is 13.0. The molecular weight excluding hydrogens is 224 g/mol. The van der Waals surface area contributed by atoms with Gasteiger partial charge in [-0.3, -0.25) is 4.90 Å². The van der Waals surface area contributed by atoms with Gasteiger partial charge in [0.25, 0.3) is 0 Å². The van der Waals surface area contributed by atoms with Crippen LogP contribution in [0.1, 0.15) is 31.0 Å². The van der Waals surface area contributed by atoms with Crippen LogP contribution in [-0.4, -0.2) is 29.0 Å². The summed E-state index contributed by atoms with van der Waals surface area (Å²) in [5, 5.41) is 8.86. The highest BCUT2D eigenvalue weighted by Crippen LogP contribution is 2.24. The Morgan fingerprint density at radius 1 is 1.61 bits per heavy atom. The van der Waals surface area contributed by atoms with Crippen molar-refractivity contribution >= 4 is 0 Å². The quantitative estimate of drug-likeness (QED) is 0.875. The lowest BCUT2D eigenvalue weighted by Crippen LogP contribution is -2.48. The molecule has 1 aliphatic heterocycles. The monoisotopic (exact) mass is 244 g/mol. The van der Waals surface area contributed by atoms with Gasteiger partial charge in [0, 0.05) is 25.3 Å². The van der Waals surface area contributed by atoms with E-state index < -0.39 is 0 Å². The predicted molar refractivity (Wildman–Crippen MR) is 70.6 cm³/mol. The Hall–Kier alpha value is -1.44. The molecule has 4 heteroatoms. The molecule has 0 radical (unpaired) electrons. The van der Waals surface area contributed by atoms with E-state index in [0.29, 0.717) is 24.2 Å². The number of likely N-dealkylation sites (tertiary alicyclic amines) is 1. The van der Waals surface area contributed by atoms with Crippen LogP contribution in [0.2, 0.25) is 0 Å². The van der Waals surface area contributed by atoms with E-state index in [1.165, 1.54) is 12.8 Å². The van der Waals surface area contributed by atoms with Gasteiger partial charge in [-0.15, -0.1) is 0 Å². The number of aromatic nitrogens is 1. The summed E-state index contributed by atoms with van der Waals surface area (Å²) < 4.78 is 0. The summed E-state index contributed by atoms with van der Waals surface area (Å²) in [5.41, 5.74) is 7.52. The van der Waals surface area contributed by atoms with Crippen molar-refractivity contribution in [2.45, 2.75) is 32.4 Å². The number of nitrogens with two attached hydrogens (primary N) is 1. The largest absolute Gasteiger partial charge is 0.329 e. The molecule has 0 aliphatic carbocycles. The van der Waals surface area contributed by atoms with Gasteiger partial charge < -0.3 is 5.73 Å². The first-order valence-electron chi connectivity index (χ1n) is 6.53. The number of hydrogen-bond donors (Lipinski definition) is 1. The topological polar surface area (TPSA) is 65.9 Å². The van der Waals surface area contributed by atoms with E-state index in [-0.39, 0.29) is 0 Å². The van der Waals surface area contributed by atoms with Gasteiger partial charge in [-0.1, -0.05) is 6.92 Å². The van der Waals surface area contributed by atoms with Gasteiger partial charge >= 0.3 is 0 Å². The Bertz CT molecular complexity index is 438. The Morgan fingerprint density at radius 3 is 3.17 bits per heavy atom. The van der Waals surface area contributed by atoms with Crippen molar-refractivity contribution in [1.82, 2.24) is 9.88 Å². The van der Waals surface area contributed by atoms with Gasteiger partial charge in [0.05, 0.1) is 0 Å². The van der Waals surface area contributed by atoms with E-state index in [2.05, 4.69) is 22.9 Å². The molecule has 2 rings (SSSR count). The van der Waals surface area contributed by atoms with Gasteiger partial charge in [0.2, 0.25) is 0 Å². The molecule has 0 spiro atoms. The maximum Gasteiger partial charge on any atom is 0.140 e. The number of piperidine rings is 1. The minimum Gasteiger partial charge on any atom is -0.329 e. The minimum absolute atomic E-state index is 0.456. The SMILES string of the molecule is CC1CCCN(Cc2ccnc(C#N)c2)C1CN. The van der Waals surface area contributed by atoms with Gasteiger partial charge in [0.1, 0.15) is 11.8 Å². The summed E-state index contributed by atoms with van der Waals surface area (Å²) in [7, 11) is 0. The second kappa shape index (κ2) is 5.94. The van der Waals surface area contributed by atoms with Crippen molar-refractivity contribution < 1.29 is 0 Å². The molecule has 0 aromatic carbocycles. The van der Waals surface area contributed by atoms with E-state index in [0.717, 1.165) is 18.7 Å². The first-order valence-corrected chi connectivity index (χ1v) is 6.53. The Balaban J connectivity index is 2.09. The zero-order valence-corrected chi connectivity index (χ0v) is 10.8. The molecule has 96 valence electrons. The van der Waals surface area contributed by atoms with Crippen molar-refractivity contribution in [3.05, 3.63) is 29.6 Å². The van der Waals surface area contributed by atoms with Crippen LogP contribution in [0.25, 0.3) is 0 Å². The number of rotatable bonds is 3. The fraction of sp³-hybridized carbons (Fsp3) is 0.571. The van der Waals surface area contributed by atoms with Crippen molar-refractivity contribution in [1.29, 1.82) is 5.26 Å². The fourth-order valence-electron chi connectivity index (χ4n) is 2.78. The number of hydrogen-bond acceptors (Lipinski definition) is 4. The van der Waals surface area contributed by atoms with Crippen LogP contribution < -0.4 is 5.73 Å². The second-order valence-electron chi connectivity index (χ2n) is 5.05. The second-order valence-corrected chi connectivity index (χ2v) is 5.05. The molecule has 0 saturated carbocycles. The summed E-state index contributed by atoms with van der Waals surface area (Å²) in [5.74, 6) is 0.654. The summed E-state index contributed by atoms with van der Waals surface area (Å²) in [6, 6.07) is 6.39. The molecule has 1 aromatic rings.